The largest absolute Gasteiger partial charge is 0.465 e. The molecular weight excluding hydrogens is 500 g/mol. The summed E-state index contributed by atoms with van der Waals surface area (Å²) in [5.41, 5.74) is 1.50. The van der Waals surface area contributed by atoms with Gasteiger partial charge in [0.2, 0.25) is 15.9 Å². The monoisotopic (exact) mass is 526 g/mol. The highest BCUT2D eigenvalue weighted by molar-refractivity contribution is 7.89. The maximum absolute atomic E-state index is 13.4. The number of halogens is 1. The molecule has 3 aromatic carbocycles. The van der Waals surface area contributed by atoms with Crippen molar-refractivity contribution in [2.24, 2.45) is 0 Å². The van der Waals surface area contributed by atoms with Crippen LogP contribution in [0.3, 0.4) is 0 Å². The van der Waals surface area contributed by atoms with Crippen LogP contribution in [0.1, 0.15) is 30.9 Å². The first kappa shape index (κ1) is 25.9. The van der Waals surface area contributed by atoms with E-state index in [9.17, 15) is 18.0 Å². The van der Waals surface area contributed by atoms with Gasteiger partial charge in [0.25, 0.3) is 0 Å². The van der Waals surface area contributed by atoms with Gasteiger partial charge in [0.15, 0.2) is 0 Å². The fourth-order valence-electron chi connectivity index (χ4n) is 4.01. The first-order chi connectivity index (χ1) is 17.2. The van der Waals surface area contributed by atoms with Crippen molar-refractivity contribution in [3.8, 4) is 0 Å². The van der Waals surface area contributed by atoms with E-state index in [1.807, 2.05) is 18.2 Å². The highest BCUT2D eigenvalue weighted by Crippen LogP contribution is 2.49. The Morgan fingerprint density at radius 1 is 0.972 bits per heavy atom. The number of hydrogen-bond donors (Lipinski definition) is 1. The van der Waals surface area contributed by atoms with Crippen LogP contribution in [0.2, 0.25) is 5.02 Å². The average Bonchev–Trinajstić information content (AvgIpc) is 3.67. The fourth-order valence-corrected chi connectivity index (χ4v) is 5.52. The van der Waals surface area contributed by atoms with Crippen LogP contribution in [0, 0.1) is 0 Å². The van der Waals surface area contributed by atoms with Crippen LogP contribution >= 0.6 is 11.6 Å². The molecule has 36 heavy (non-hydrogen) atoms. The molecule has 0 spiro atoms. The molecule has 7 nitrogen and oxygen atoms in total. The highest BCUT2D eigenvalue weighted by atomic mass is 35.5. The van der Waals surface area contributed by atoms with Crippen LogP contribution in [-0.2, 0) is 36.3 Å². The smallest absolute Gasteiger partial charge is 0.316 e. The van der Waals surface area contributed by atoms with Gasteiger partial charge >= 0.3 is 5.97 Å². The lowest BCUT2D eigenvalue weighted by Crippen LogP contribution is -2.37. The van der Waals surface area contributed by atoms with Gasteiger partial charge in [0.1, 0.15) is 0 Å². The van der Waals surface area contributed by atoms with E-state index < -0.39 is 21.3 Å². The molecule has 1 aliphatic rings. The van der Waals surface area contributed by atoms with Crippen molar-refractivity contribution in [2.45, 2.75) is 36.6 Å². The number of amides is 1. The molecule has 1 saturated carbocycles. The van der Waals surface area contributed by atoms with Crippen molar-refractivity contribution in [1.29, 1.82) is 0 Å². The molecule has 1 amide bonds. The average molecular weight is 527 g/mol. The Morgan fingerprint density at radius 2 is 1.61 bits per heavy atom. The van der Waals surface area contributed by atoms with E-state index in [2.05, 4.69) is 5.32 Å². The normalized spacial score (nSPS) is 14.3. The Kier molecular flexibility index (Phi) is 7.78. The summed E-state index contributed by atoms with van der Waals surface area (Å²) in [6.07, 6.45) is 1.46. The maximum atomic E-state index is 13.4. The lowest BCUT2D eigenvalue weighted by Gasteiger charge is -2.22. The zero-order chi connectivity index (χ0) is 25.8. The molecule has 1 aliphatic carbocycles. The summed E-state index contributed by atoms with van der Waals surface area (Å²) in [4.78, 5) is 25.3. The van der Waals surface area contributed by atoms with Crippen LogP contribution in [0.25, 0.3) is 0 Å². The number of hydrogen-bond acceptors (Lipinski definition) is 5. The van der Waals surface area contributed by atoms with Crippen LogP contribution in [0.5, 0.6) is 0 Å². The van der Waals surface area contributed by atoms with E-state index in [1.54, 1.807) is 43.3 Å². The molecule has 0 unspecified atom stereocenters. The number of carbonyl (C=O) groups excluding carboxylic acids is 2. The van der Waals surface area contributed by atoms with Gasteiger partial charge in [-0.1, -0.05) is 54.1 Å². The summed E-state index contributed by atoms with van der Waals surface area (Å²) < 4.78 is 33.1. The zero-order valence-electron chi connectivity index (χ0n) is 19.8. The third-order valence-corrected chi connectivity index (χ3v) is 8.17. The number of esters is 1. The Morgan fingerprint density at radius 3 is 2.19 bits per heavy atom. The molecule has 4 rings (SSSR count). The van der Waals surface area contributed by atoms with Gasteiger partial charge in [-0.05, 0) is 67.3 Å². The van der Waals surface area contributed by atoms with Crippen molar-refractivity contribution in [2.75, 3.05) is 18.5 Å². The van der Waals surface area contributed by atoms with Crippen LogP contribution < -0.4 is 5.32 Å². The number of nitrogens with one attached hydrogen (secondary N) is 1. The molecule has 9 heteroatoms. The second-order valence-electron chi connectivity index (χ2n) is 8.64. The maximum Gasteiger partial charge on any atom is 0.316 e. The number of sulfonamides is 1. The molecule has 0 radical (unpaired) electrons. The first-order valence-electron chi connectivity index (χ1n) is 11.6. The minimum absolute atomic E-state index is 0.0280. The lowest BCUT2D eigenvalue weighted by atomic mass is 9.96. The molecule has 0 heterocycles. The SMILES string of the molecule is CCOC(=O)C1(c2ccc(NC(=O)CN(Cc3ccccc3)S(=O)(=O)c3ccc(Cl)cc3)cc2)CC1. The number of benzene rings is 3. The third kappa shape index (κ3) is 5.78. The number of rotatable bonds is 10. The van der Waals surface area contributed by atoms with Crippen molar-refractivity contribution in [3.05, 3.63) is 95.0 Å². The number of anilines is 1. The lowest BCUT2D eigenvalue weighted by molar-refractivity contribution is -0.146. The van der Waals surface area contributed by atoms with E-state index in [0.717, 1.165) is 28.3 Å². The molecule has 1 N–H and O–H groups in total. The molecule has 0 aromatic heterocycles. The summed E-state index contributed by atoms with van der Waals surface area (Å²) in [5, 5.41) is 3.18. The van der Waals surface area contributed by atoms with Crippen molar-refractivity contribution in [1.82, 2.24) is 4.31 Å². The summed E-state index contributed by atoms with van der Waals surface area (Å²) in [5.74, 6) is -0.714. The van der Waals surface area contributed by atoms with Gasteiger partial charge in [0.05, 0.1) is 23.5 Å². The molecule has 0 bridgehead atoms. The third-order valence-electron chi connectivity index (χ3n) is 6.11. The van der Waals surface area contributed by atoms with Gasteiger partial charge in [-0.15, -0.1) is 0 Å². The van der Waals surface area contributed by atoms with E-state index in [-0.39, 0.29) is 24.0 Å². The van der Waals surface area contributed by atoms with E-state index in [0.29, 0.717) is 17.3 Å². The van der Waals surface area contributed by atoms with Crippen molar-refractivity contribution < 1.29 is 22.7 Å². The summed E-state index contributed by atoms with van der Waals surface area (Å²) in [6, 6.07) is 21.9. The number of carbonyl (C=O) groups is 2. The van der Waals surface area contributed by atoms with Crippen molar-refractivity contribution in [3.63, 3.8) is 0 Å². The first-order valence-corrected chi connectivity index (χ1v) is 13.4. The minimum Gasteiger partial charge on any atom is -0.465 e. The van der Waals surface area contributed by atoms with E-state index >= 15 is 0 Å². The molecule has 0 aliphatic heterocycles. The molecular formula is C27H27ClN2O5S. The fraction of sp³-hybridized carbons (Fsp3) is 0.259. The van der Waals surface area contributed by atoms with Gasteiger partial charge < -0.3 is 10.1 Å². The Bertz CT molecular complexity index is 1320. The topological polar surface area (TPSA) is 92.8 Å². The standard InChI is InChI=1S/C27H27ClN2O5S/c1-2-35-26(32)27(16-17-27)21-8-12-23(13-9-21)29-25(31)19-30(18-20-6-4-3-5-7-20)36(33,34)24-14-10-22(28)11-15-24/h3-15H,2,16-19H2,1H3,(H,29,31). The van der Waals surface area contributed by atoms with Gasteiger partial charge in [-0.3, -0.25) is 9.59 Å². The quantitative estimate of drug-likeness (QED) is 0.384. The molecule has 188 valence electrons. The Labute approximate surface area is 216 Å². The summed E-state index contributed by atoms with van der Waals surface area (Å²) in [7, 11) is -3.97. The molecule has 3 aromatic rings. The summed E-state index contributed by atoms with van der Waals surface area (Å²) >= 11 is 5.92. The second-order valence-corrected chi connectivity index (χ2v) is 11.0. The molecule has 0 saturated heterocycles. The van der Waals surface area contributed by atoms with Crippen molar-refractivity contribution >= 4 is 39.2 Å². The van der Waals surface area contributed by atoms with Crippen LogP contribution in [-0.4, -0.2) is 37.8 Å². The summed E-state index contributed by atoms with van der Waals surface area (Å²) in [6.45, 7) is 1.75. The molecule has 0 atom stereocenters. The van der Waals surface area contributed by atoms with E-state index in [4.69, 9.17) is 16.3 Å². The predicted octanol–water partition coefficient (Wildman–Crippen LogP) is 4.76. The highest BCUT2D eigenvalue weighted by Gasteiger charge is 2.52. The Balaban J connectivity index is 1.50. The number of nitrogens with zero attached hydrogens (tertiary/aromatic N) is 1. The minimum atomic E-state index is -3.97. The van der Waals surface area contributed by atoms with Crippen LogP contribution in [0.4, 0.5) is 5.69 Å². The van der Waals surface area contributed by atoms with Gasteiger partial charge in [0, 0.05) is 17.3 Å². The number of ether oxygens (including phenoxy) is 1. The van der Waals surface area contributed by atoms with E-state index in [1.165, 1.54) is 24.3 Å². The molecule has 1 fully saturated rings. The predicted molar refractivity (Wildman–Crippen MR) is 138 cm³/mol. The second kappa shape index (κ2) is 10.8. The van der Waals surface area contributed by atoms with Gasteiger partial charge in [-0.25, -0.2) is 8.42 Å². The zero-order valence-corrected chi connectivity index (χ0v) is 21.4. The Hall–Kier alpha value is -3.20. The van der Waals surface area contributed by atoms with Crippen LogP contribution in [0.15, 0.2) is 83.8 Å². The van der Waals surface area contributed by atoms with Gasteiger partial charge in [-0.2, -0.15) is 4.31 Å².